The molecular weight excluding hydrogens is 254 g/mol. The molecule has 0 saturated carbocycles. The predicted octanol–water partition coefficient (Wildman–Crippen LogP) is 2.16. The van der Waals surface area contributed by atoms with Crippen LogP contribution in [-0.4, -0.2) is 30.6 Å². The van der Waals surface area contributed by atoms with Gasteiger partial charge in [-0.1, -0.05) is 20.3 Å². The minimum atomic E-state index is -0.109. The molecule has 0 unspecified atom stereocenters. The Labute approximate surface area is 120 Å². The maximum Gasteiger partial charge on any atom is 0.251 e. The maximum absolute atomic E-state index is 12.0. The molecule has 112 valence electrons. The van der Waals surface area contributed by atoms with Crippen molar-refractivity contribution in [2.24, 2.45) is 0 Å². The predicted molar refractivity (Wildman–Crippen MR) is 80.7 cm³/mol. The number of ether oxygens (including phenoxy) is 1. The molecule has 1 aromatic rings. The van der Waals surface area contributed by atoms with Gasteiger partial charge >= 0.3 is 0 Å². The van der Waals surface area contributed by atoms with E-state index >= 15 is 0 Å². The van der Waals surface area contributed by atoms with Crippen molar-refractivity contribution in [2.45, 2.75) is 39.5 Å². The van der Waals surface area contributed by atoms with E-state index in [2.05, 4.69) is 17.2 Å². The number of rotatable bonds is 9. The number of hydrogen-bond donors (Lipinski definition) is 2. The van der Waals surface area contributed by atoms with E-state index in [1.165, 1.54) is 0 Å². The summed E-state index contributed by atoms with van der Waals surface area (Å²) in [5, 5.41) is 2.87. The van der Waals surface area contributed by atoms with Gasteiger partial charge in [0.05, 0.1) is 0 Å². The van der Waals surface area contributed by atoms with Gasteiger partial charge in [0.15, 0.2) is 0 Å². The standard InChI is InChI=1S/C15H25N3O2/c1-3-5-8-20-9-6-7-17-15(19)12-10-13(4-2)18-14(16)11-12/h10-11H,3-9H2,1-2H3,(H2,16,18)(H,17,19). The van der Waals surface area contributed by atoms with Gasteiger partial charge in [0.2, 0.25) is 0 Å². The fourth-order valence-electron chi connectivity index (χ4n) is 1.75. The number of carbonyl (C=O) groups is 1. The van der Waals surface area contributed by atoms with Crippen molar-refractivity contribution in [1.29, 1.82) is 0 Å². The summed E-state index contributed by atoms with van der Waals surface area (Å²) in [4.78, 5) is 16.1. The maximum atomic E-state index is 12.0. The molecule has 1 rings (SSSR count). The normalized spacial score (nSPS) is 10.5. The highest BCUT2D eigenvalue weighted by molar-refractivity contribution is 5.94. The van der Waals surface area contributed by atoms with Crippen molar-refractivity contribution in [3.8, 4) is 0 Å². The van der Waals surface area contributed by atoms with E-state index in [0.29, 0.717) is 24.5 Å². The van der Waals surface area contributed by atoms with Crippen LogP contribution in [0.15, 0.2) is 12.1 Å². The Morgan fingerprint density at radius 2 is 2.05 bits per heavy atom. The first-order chi connectivity index (χ1) is 9.67. The van der Waals surface area contributed by atoms with Crippen molar-refractivity contribution >= 4 is 11.7 Å². The number of aryl methyl sites for hydroxylation is 1. The molecule has 0 fully saturated rings. The van der Waals surface area contributed by atoms with Gasteiger partial charge < -0.3 is 15.8 Å². The number of carbonyl (C=O) groups excluding carboxylic acids is 1. The third-order valence-corrected chi connectivity index (χ3v) is 2.92. The average molecular weight is 279 g/mol. The van der Waals surface area contributed by atoms with Gasteiger partial charge in [-0.15, -0.1) is 0 Å². The molecule has 0 saturated heterocycles. The van der Waals surface area contributed by atoms with Crippen molar-refractivity contribution in [3.05, 3.63) is 23.4 Å². The number of nitrogens with one attached hydrogen (secondary N) is 1. The molecule has 0 bridgehead atoms. The highest BCUT2D eigenvalue weighted by Crippen LogP contribution is 2.08. The number of amides is 1. The van der Waals surface area contributed by atoms with Crippen LogP contribution in [0.5, 0.6) is 0 Å². The second-order valence-corrected chi connectivity index (χ2v) is 4.70. The van der Waals surface area contributed by atoms with Crippen LogP contribution < -0.4 is 11.1 Å². The summed E-state index contributed by atoms with van der Waals surface area (Å²) in [5.41, 5.74) is 7.09. The van der Waals surface area contributed by atoms with E-state index in [9.17, 15) is 4.79 Å². The molecule has 20 heavy (non-hydrogen) atoms. The second kappa shape index (κ2) is 9.31. The first kappa shape index (κ1) is 16.4. The molecule has 0 spiro atoms. The Kier molecular flexibility index (Phi) is 7.65. The summed E-state index contributed by atoms with van der Waals surface area (Å²) in [7, 11) is 0. The number of pyridine rings is 1. The summed E-state index contributed by atoms with van der Waals surface area (Å²) in [6.45, 7) is 6.20. The van der Waals surface area contributed by atoms with Crippen LogP contribution in [-0.2, 0) is 11.2 Å². The lowest BCUT2D eigenvalue weighted by atomic mass is 10.2. The number of hydrogen-bond acceptors (Lipinski definition) is 4. The Hall–Kier alpha value is -1.62. The zero-order valence-electron chi connectivity index (χ0n) is 12.4. The topological polar surface area (TPSA) is 77.2 Å². The molecule has 1 heterocycles. The largest absolute Gasteiger partial charge is 0.384 e. The molecule has 1 aromatic heterocycles. The van der Waals surface area contributed by atoms with E-state index in [1.807, 2.05) is 6.92 Å². The van der Waals surface area contributed by atoms with Gasteiger partial charge in [-0.3, -0.25) is 4.79 Å². The fraction of sp³-hybridized carbons (Fsp3) is 0.600. The van der Waals surface area contributed by atoms with Crippen LogP contribution in [0, 0.1) is 0 Å². The minimum Gasteiger partial charge on any atom is -0.384 e. The van der Waals surface area contributed by atoms with Crippen LogP contribution in [0.25, 0.3) is 0 Å². The first-order valence-corrected chi connectivity index (χ1v) is 7.29. The number of nitrogens with two attached hydrogens (primary N) is 1. The van der Waals surface area contributed by atoms with Gasteiger partial charge in [0.1, 0.15) is 5.82 Å². The SMILES string of the molecule is CCCCOCCCNC(=O)c1cc(N)nc(CC)c1. The molecule has 0 atom stereocenters. The molecule has 0 aliphatic rings. The molecule has 0 radical (unpaired) electrons. The van der Waals surface area contributed by atoms with E-state index in [-0.39, 0.29) is 5.91 Å². The van der Waals surface area contributed by atoms with Crippen molar-refractivity contribution in [1.82, 2.24) is 10.3 Å². The highest BCUT2D eigenvalue weighted by Gasteiger charge is 2.07. The van der Waals surface area contributed by atoms with Crippen LogP contribution in [0.3, 0.4) is 0 Å². The van der Waals surface area contributed by atoms with Gasteiger partial charge in [-0.2, -0.15) is 0 Å². The smallest absolute Gasteiger partial charge is 0.251 e. The summed E-state index contributed by atoms with van der Waals surface area (Å²) in [6, 6.07) is 3.38. The van der Waals surface area contributed by atoms with Gasteiger partial charge in [-0.05, 0) is 31.4 Å². The summed E-state index contributed by atoms with van der Waals surface area (Å²) in [5.74, 6) is 0.278. The van der Waals surface area contributed by atoms with Crippen molar-refractivity contribution < 1.29 is 9.53 Å². The van der Waals surface area contributed by atoms with E-state index in [4.69, 9.17) is 10.5 Å². The Balaban J connectivity index is 2.30. The zero-order valence-corrected chi connectivity index (χ0v) is 12.4. The third kappa shape index (κ3) is 6.02. The number of nitrogens with zero attached hydrogens (tertiary/aromatic N) is 1. The summed E-state index contributed by atoms with van der Waals surface area (Å²) < 4.78 is 5.44. The fourth-order valence-corrected chi connectivity index (χ4v) is 1.75. The lowest BCUT2D eigenvalue weighted by Gasteiger charge is -2.07. The number of unbranched alkanes of at least 4 members (excludes halogenated alkanes) is 1. The molecule has 0 aliphatic carbocycles. The van der Waals surface area contributed by atoms with E-state index in [0.717, 1.165) is 38.0 Å². The van der Waals surface area contributed by atoms with Crippen LogP contribution in [0.1, 0.15) is 49.2 Å². The van der Waals surface area contributed by atoms with E-state index in [1.54, 1.807) is 12.1 Å². The van der Waals surface area contributed by atoms with Gasteiger partial charge in [0.25, 0.3) is 5.91 Å². The molecular formula is C15H25N3O2. The Morgan fingerprint density at radius 1 is 1.30 bits per heavy atom. The molecule has 0 aliphatic heterocycles. The van der Waals surface area contributed by atoms with Crippen LogP contribution in [0.4, 0.5) is 5.82 Å². The zero-order chi connectivity index (χ0) is 14.8. The lowest BCUT2D eigenvalue weighted by molar-refractivity contribution is 0.0940. The number of aromatic nitrogens is 1. The van der Waals surface area contributed by atoms with Crippen molar-refractivity contribution in [2.75, 3.05) is 25.5 Å². The average Bonchev–Trinajstić information content (AvgIpc) is 2.45. The number of nitrogen functional groups attached to an aromatic ring is 1. The quantitative estimate of drug-likeness (QED) is 0.679. The summed E-state index contributed by atoms with van der Waals surface area (Å²) in [6.07, 6.45) is 3.80. The first-order valence-electron chi connectivity index (χ1n) is 7.29. The Bertz CT molecular complexity index is 422. The van der Waals surface area contributed by atoms with E-state index < -0.39 is 0 Å². The molecule has 5 heteroatoms. The third-order valence-electron chi connectivity index (χ3n) is 2.92. The molecule has 0 aromatic carbocycles. The molecule has 3 N–H and O–H groups in total. The van der Waals surface area contributed by atoms with Crippen molar-refractivity contribution in [3.63, 3.8) is 0 Å². The summed E-state index contributed by atoms with van der Waals surface area (Å²) >= 11 is 0. The molecule has 1 amide bonds. The monoisotopic (exact) mass is 279 g/mol. The van der Waals surface area contributed by atoms with Crippen LogP contribution >= 0.6 is 0 Å². The Morgan fingerprint density at radius 3 is 2.75 bits per heavy atom. The number of anilines is 1. The van der Waals surface area contributed by atoms with Crippen LogP contribution in [0.2, 0.25) is 0 Å². The second-order valence-electron chi connectivity index (χ2n) is 4.70. The molecule has 5 nitrogen and oxygen atoms in total. The lowest BCUT2D eigenvalue weighted by Crippen LogP contribution is -2.25. The van der Waals surface area contributed by atoms with Gasteiger partial charge in [0, 0.05) is 31.0 Å². The minimum absolute atomic E-state index is 0.109. The van der Waals surface area contributed by atoms with Gasteiger partial charge in [-0.25, -0.2) is 4.98 Å². The highest BCUT2D eigenvalue weighted by atomic mass is 16.5.